The van der Waals surface area contributed by atoms with Crippen molar-refractivity contribution in [2.45, 2.75) is 0 Å². The molecule has 4 heteroatoms. The van der Waals surface area contributed by atoms with Gasteiger partial charge < -0.3 is 9.84 Å². The summed E-state index contributed by atoms with van der Waals surface area (Å²) in [6.07, 6.45) is 4.26. The molecule has 1 N–H and O–H groups in total. The lowest BCUT2D eigenvalue weighted by atomic mass is 10.2. The van der Waals surface area contributed by atoms with Crippen LogP contribution >= 0.6 is 0 Å². The number of carboxylic acids is 1. The number of benzene rings is 1. The van der Waals surface area contributed by atoms with E-state index < -0.39 is 5.97 Å². The number of hydrogen-bond donors (Lipinski definition) is 1. The molecule has 0 saturated carbocycles. The van der Waals surface area contributed by atoms with Gasteiger partial charge in [0.05, 0.1) is 12.5 Å². The molecule has 1 aromatic rings. The zero-order valence-corrected chi connectivity index (χ0v) is 9.71. The van der Waals surface area contributed by atoms with Crippen molar-refractivity contribution in [3.05, 3.63) is 29.8 Å². The quantitative estimate of drug-likeness (QED) is 0.778. The van der Waals surface area contributed by atoms with Gasteiger partial charge in [-0.2, -0.15) is 0 Å². The molecule has 0 aliphatic carbocycles. The summed E-state index contributed by atoms with van der Waals surface area (Å²) >= 11 is 0. The second kappa shape index (κ2) is 5.66. The molecule has 1 aromatic carbocycles. The third kappa shape index (κ3) is 3.83. The first-order chi connectivity index (χ1) is 7.11. The predicted molar refractivity (Wildman–Crippen MR) is 63.0 cm³/mol. The summed E-state index contributed by atoms with van der Waals surface area (Å²) in [7, 11) is 0.321. The molecule has 0 aliphatic heterocycles. The Balaban J connectivity index is 2.63. The van der Waals surface area contributed by atoms with Crippen LogP contribution in [0.15, 0.2) is 24.3 Å². The minimum atomic E-state index is -0.947. The Morgan fingerprint density at radius 1 is 1.40 bits per heavy atom. The molecule has 0 unspecified atom stereocenters. The first-order valence-corrected chi connectivity index (χ1v) is 6.81. The van der Waals surface area contributed by atoms with Crippen LogP contribution in [0.1, 0.15) is 10.4 Å². The van der Waals surface area contributed by atoms with Gasteiger partial charge in [-0.3, -0.25) is 0 Å². The van der Waals surface area contributed by atoms with Crippen LogP contribution in [0.5, 0.6) is 5.75 Å². The van der Waals surface area contributed by atoms with Crippen LogP contribution in [0.25, 0.3) is 0 Å². The number of para-hydroxylation sites is 1. The minimum absolute atomic E-state index is 0.226. The van der Waals surface area contributed by atoms with Crippen LogP contribution < -0.4 is 4.74 Å². The fourth-order valence-corrected chi connectivity index (χ4v) is 1.50. The van der Waals surface area contributed by atoms with Crippen LogP contribution in [0, 0.1) is 0 Å². The van der Waals surface area contributed by atoms with Crippen molar-refractivity contribution < 1.29 is 14.6 Å². The topological polar surface area (TPSA) is 46.5 Å². The van der Waals surface area contributed by atoms with Crippen LogP contribution in [0.4, 0.5) is 0 Å². The van der Waals surface area contributed by atoms with Crippen molar-refractivity contribution in [2.24, 2.45) is 0 Å². The zero-order valence-electron chi connectivity index (χ0n) is 8.90. The summed E-state index contributed by atoms with van der Waals surface area (Å²) in [6.45, 7) is 0.570. The third-order valence-corrected chi connectivity index (χ3v) is 2.85. The number of carbonyl (C=O) groups is 1. The van der Waals surface area contributed by atoms with E-state index in [1.54, 1.807) is 24.3 Å². The van der Waals surface area contributed by atoms with Gasteiger partial charge in [-0.15, -0.1) is 0 Å². The third-order valence-electron chi connectivity index (χ3n) is 1.87. The highest BCUT2D eigenvalue weighted by Crippen LogP contribution is 2.17. The van der Waals surface area contributed by atoms with E-state index in [1.165, 1.54) is 0 Å². The Labute approximate surface area is 92.4 Å². The highest BCUT2D eigenvalue weighted by atomic mass is 32.2. The van der Waals surface area contributed by atoms with Crippen LogP contribution in [-0.4, -0.2) is 35.9 Å². The molecular formula is C11H15O3S+. The maximum absolute atomic E-state index is 10.8. The highest BCUT2D eigenvalue weighted by molar-refractivity contribution is 7.95. The Kier molecular flexibility index (Phi) is 4.49. The average Bonchev–Trinajstić information content (AvgIpc) is 2.17. The summed E-state index contributed by atoms with van der Waals surface area (Å²) in [6, 6.07) is 6.71. The summed E-state index contributed by atoms with van der Waals surface area (Å²) in [5, 5.41) is 8.90. The largest absolute Gasteiger partial charge is 0.488 e. The van der Waals surface area contributed by atoms with Crippen molar-refractivity contribution in [2.75, 3.05) is 24.9 Å². The number of hydrogen-bond acceptors (Lipinski definition) is 2. The summed E-state index contributed by atoms with van der Waals surface area (Å²) in [4.78, 5) is 10.8. The number of rotatable bonds is 5. The van der Waals surface area contributed by atoms with Crippen molar-refractivity contribution in [1.29, 1.82) is 0 Å². The second-order valence-corrected chi connectivity index (χ2v) is 5.72. The van der Waals surface area contributed by atoms with E-state index in [4.69, 9.17) is 9.84 Å². The minimum Gasteiger partial charge on any atom is -0.488 e. The number of carboxylic acid groups (broad SMARTS) is 1. The number of ether oxygens (including phenoxy) is 1. The Bertz CT molecular complexity index is 336. The smallest absolute Gasteiger partial charge is 0.339 e. The molecule has 15 heavy (non-hydrogen) atoms. The SMILES string of the molecule is C[S+](C)CCOc1ccccc1C(=O)O. The van der Waals surface area contributed by atoms with E-state index >= 15 is 0 Å². The average molecular weight is 227 g/mol. The van der Waals surface area contributed by atoms with Crippen molar-refractivity contribution >= 4 is 16.9 Å². The van der Waals surface area contributed by atoms with E-state index in [2.05, 4.69) is 12.5 Å². The molecule has 0 amide bonds. The lowest BCUT2D eigenvalue weighted by Gasteiger charge is -2.07. The lowest BCUT2D eigenvalue weighted by Crippen LogP contribution is -2.12. The Morgan fingerprint density at radius 3 is 2.67 bits per heavy atom. The van der Waals surface area contributed by atoms with Gasteiger partial charge in [-0.1, -0.05) is 12.1 Å². The monoisotopic (exact) mass is 227 g/mol. The number of aromatic carboxylic acids is 1. The molecule has 0 heterocycles. The van der Waals surface area contributed by atoms with Gasteiger partial charge >= 0.3 is 5.97 Å². The normalized spacial score (nSPS) is 10.3. The van der Waals surface area contributed by atoms with Crippen LogP contribution in [0.2, 0.25) is 0 Å². The molecular weight excluding hydrogens is 212 g/mol. The second-order valence-electron chi connectivity index (χ2n) is 3.34. The van der Waals surface area contributed by atoms with Gasteiger partial charge in [0.1, 0.15) is 23.7 Å². The fourth-order valence-electron chi connectivity index (χ4n) is 1.09. The van der Waals surface area contributed by atoms with Gasteiger partial charge in [0.25, 0.3) is 0 Å². The molecule has 0 aliphatic rings. The van der Waals surface area contributed by atoms with Gasteiger partial charge in [0, 0.05) is 0 Å². The van der Waals surface area contributed by atoms with Gasteiger partial charge in [0.15, 0.2) is 0 Å². The molecule has 0 aromatic heterocycles. The predicted octanol–water partition coefficient (Wildman–Crippen LogP) is 1.64. The molecule has 0 fully saturated rings. The molecule has 3 nitrogen and oxygen atoms in total. The maximum Gasteiger partial charge on any atom is 0.339 e. The van der Waals surface area contributed by atoms with E-state index in [-0.39, 0.29) is 5.56 Å². The molecule has 82 valence electrons. The Morgan fingerprint density at radius 2 is 2.07 bits per heavy atom. The molecule has 0 atom stereocenters. The van der Waals surface area contributed by atoms with E-state index in [1.807, 2.05) is 0 Å². The van der Waals surface area contributed by atoms with Gasteiger partial charge in [-0.05, 0) is 23.0 Å². The van der Waals surface area contributed by atoms with Crippen LogP contribution in [0.3, 0.4) is 0 Å². The van der Waals surface area contributed by atoms with Crippen LogP contribution in [-0.2, 0) is 10.9 Å². The van der Waals surface area contributed by atoms with Gasteiger partial charge in [0.2, 0.25) is 0 Å². The summed E-state index contributed by atoms with van der Waals surface area (Å²) in [5.74, 6) is 0.460. The Hall–Kier alpha value is -1.16. The zero-order chi connectivity index (χ0) is 11.3. The highest BCUT2D eigenvalue weighted by Gasteiger charge is 2.10. The molecule has 0 bridgehead atoms. The van der Waals surface area contributed by atoms with Gasteiger partial charge in [-0.25, -0.2) is 4.79 Å². The molecule has 0 spiro atoms. The van der Waals surface area contributed by atoms with E-state index in [0.29, 0.717) is 23.3 Å². The maximum atomic E-state index is 10.8. The van der Waals surface area contributed by atoms with Crippen molar-refractivity contribution in [3.63, 3.8) is 0 Å². The fraction of sp³-hybridized carbons (Fsp3) is 0.364. The van der Waals surface area contributed by atoms with E-state index in [9.17, 15) is 4.79 Å². The molecule has 0 saturated heterocycles. The summed E-state index contributed by atoms with van der Waals surface area (Å²) in [5.41, 5.74) is 0.226. The molecule has 1 rings (SSSR count). The van der Waals surface area contributed by atoms with Crippen molar-refractivity contribution in [3.8, 4) is 5.75 Å². The lowest BCUT2D eigenvalue weighted by molar-refractivity contribution is 0.0692. The standard InChI is InChI=1S/C11H14O3S/c1-15(2)8-7-14-10-6-4-3-5-9(10)11(12)13/h3-6H,7-8H2,1-2H3/p+1. The van der Waals surface area contributed by atoms with Crippen molar-refractivity contribution in [1.82, 2.24) is 0 Å². The first kappa shape index (κ1) is 11.9. The van der Waals surface area contributed by atoms with E-state index in [0.717, 1.165) is 5.75 Å². The molecule has 0 radical (unpaired) electrons. The first-order valence-electron chi connectivity index (χ1n) is 4.60. The summed E-state index contributed by atoms with van der Waals surface area (Å²) < 4.78 is 5.44.